The summed E-state index contributed by atoms with van der Waals surface area (Å²) in [5.74, 6) is 0.782. The molecule has 1 N–H and O–H groups in total. The monoisotopic (exact) mass is 413 g/mol. The van der Waals surface area contributed by atoms with Crippen LogP contribution in [0.25, 0.3) is 11.1 Å². The summed E-state index contributed by atoms with van der Waals surface area (Å²) in [5.41, 5.74) is 8.39. The largest absolute Gasteiger partial charge is 0.479 e. The fraction of sp³-hybridized carbons (Fsp3) is 0.125. The van der Waals surface area contributed by atoms with E-state index in [2.05, 4.69) is 34.8 Å². The van der Waals surface area contributed by atoms with Crippen LogP contribution in [0, 0.1) is 11.3 Å². The molecule has 0 heterocycles. The first kappa shape index (κ1) is 19.7. The lowest BCUT2D eigenvalue weighted by Crippen LogP contribution is -2.20. The van der Waals surface area contributed by atoms with Gasteiger partial charge in [0.1, 0.15) is 11.8 Å². The molecule has 3 aromatic rings. The van der Waals surface area contributed by atoms with Gasteiger partial charge in [0.05, 0.1) is 17.2 Å². The average molecular weight is 414 g/mol. The normalized spacial score (nSPS) is 12.2. The number of fused-ring (bicyclic) bond motifs is 3. The van der Waals surface area contributed by atoms with Gasteiger partial charge in [0.15, 0.2) is 6.61 Å². The minimum atomic E-state index is -0.146. The number of hydrogen-bond donors (Lipinski definition) is 1. The van der Waals surface area contributed by atoms with E-state index < -0.39 is 0 Å². The van der Waals surface area contributed by atoms with Crippen molar-refractivity contribution in [2.75, 3.05) is 12.4 Å². The molecule has 1 aliphatic rings. The minimum absolute atomic E-state index is 0.0110. The molecule has 1 aliphatic carbocycles. The molecule has 0 saturated carbocycles. The summed E-state index contributed by atoms with van der Waals surface area (Å²) in [4.78, 5) is 12.3. The van der Waals surface area contributed by atoms with Crippen LogP contribution < -0.4 is 10.2 Å². The average Bonchev–Trinajstić information content (AvgIpc) is 3.11. The third-order valence-electron chi connectivity index (χ3n) is 4.74. The van der Waals surface area contributed by atoms with Gasteiger partial charge in [0, 0.05) is 0 Å². The number of carbonyl (C=O) groups excluding carboxylic acids is 1. The fourth-order valence-electron chi connectivity index (χ4n) is 3.42. The molecule has 0 saturated heterocycles. The number of hydrazone groups is 1. The van der Waals surface area contributed by atoms with E-state index in [0.717, 1.165) is 5.56 Å². The molecule has 0 atom stereocenters. The van der Waals surface area contributed by atoms with E-state index in [9.17, 15) is 4.79 Å². The summed E-state index contributed by atoms with van der Waals surface area (Å²) >= 11 is 1.60. The van der Waals surface area contributed by atoms with Gasteiger partial charge in [-0.05, 0) is 52.1 Å². The van der Waals surface area contributed by atoms with Crippen LogP contribution in [0.3, 0.4) is 0 Å². The summed E-state index contributed by atoms with van der Waals surface area (Å²) < 4.78 is 5.21. The van der Waals surface area contributed by atoms with Gasteiger partial charge in [-0.3, -0.25) is 4.79 Å². The van der Waals surface area contributed by atoms with Crippen LogP contribution in [0.5, 0.6) is 5.75 Å². The van der Waals surface area contributed by atoms with Gasteiger partial charge >= 0.3 is 0 Å². The quantitative estimate of drug-likeness (QED) is 0.456. The molecule has 5 nitrogen and oxygen atoms in total. The third-order valence-corrected chi connectivity index (χ3v) is 6.01. The third kappa shape index (κ3) is 4.37. The molecule has 0 radical (unpaired) electrons. The number of ether oxygens (including phenoxy) is 1. The molecule has 0 bridgehead atoms. The zero-order valence-corrected chi connectivity index (χ0v) is 16.9. The maximum absolute atomic E-state index is 12.3. The van der Waals surface area contributed by atoms with Gasteiger partial charge in [-0.25, -0.2) is 5.43 Å². The molecular weight excluding hydrogens is 394 g/mol. The van der Waals surface area contributed by atoms with Crippen molar-refractivity contribution in [3.05, 3.63) is 89.5 Å². The van der Waals surface area contributed by atoms with Crippen molar-refractivity contribution in [1.82, 2.24) is 5.43 Å². The summed E-state index contributed by atoms with van der Waals surface area (Å²) in [6, 6.07) is 25.8. The van der Waals surface area contributed by atoms with Gasteiger partial charge < -0.3 is 4.74 Å². The standard InChI is InChI=1S/C24H19N3O2S/c25-13-14-29-18-11-9-17(10-12-18)15-26-27-23(28)16-30-24-21-7-3-1-5-19(21)20-6-2-4-8-22(20)24/h1-12,15,24H,14,16H2,(H,27,28)/b26-15-. The molecule has 6 heteroatoms. The molecule has 148 valence electrons. The van der Waals surface area contributed by atoms with Gasteiger partial charge in [-0.1, -0.05) is 48.5 Å². The number of carbonyl (C=O) groups is 1. The second-order valence-electron chi connectivity index (χ2n) is 6.67. The number of nitriles is 1. The zero-order chi connectivity index (χ0) is 20.8. The van der Waals surface area contributed by atoms with Crippen molar-refractivity contribution in [1.29, 1.82) is 5.26 Å². The van der Waals surface area contributed by atoms with Crippen molar-refractivity contribution in [2.45, 2.75) is 5.25 Å². The minimum Gasteiger partial charge on any atom is -0.479 e. The van der Waals surface area contributed by atoms with E-state index >= 15 is 0 Å². The van der Waals surface area contributed by atoms with Crippen LogP contribution in [-0.2, 0) is 4.79 Å². The van der Waals surface area contributed by atoms with E-state index in [1.165, 1.54) is 22.3 Å². The van der Waals surface area contributed by atoms with E-state index in [0.29, 0.717) is 11.5 Å². The second kappa shape index (κ2) is 9.29. The van der Waals surface area contributed by atoms with Gasteiger partial charge in [-0.2, -0.15) is 10.4 Å². The predicted octanol–water partition coefficient (Wildman–Crippen LogP) is 4.54. The van der Waals surface area contributed by atoms with Crippen molar-refractivity contribution >= 4 is 23.9 Å². The molecular formula is C24H19N3O2S. The first-order valence-electron chi connectivity index (χ1n) is 9.48. The van der Waals surface area contributed by atoms with E-state index in [1.54, 1.807) is 30.1 Å². The van der Waals surface area contributed by atoms with Gasteiger partial charge in [0.2, 0.25) is 5.91 Å². The Bertz CT molecular complexity index is 1070. The Hall–Kier alpha value is -3.56. The Morgan fingerprint density at radius 3 is 2.30 bits per heavy atom. The highest BCUT2D eigenvalue weighted by molar-refractivity contribution is 8.00. The van der Waals surface area contributed by atoms with E-state index in [-0.39, 0.29) is 17.8 Å². The summed E-state index contributed by atoms with van der Waals surface area (Å²) in [7, 11) is 0. The van der Waals surface area contributed by atoms with Crippen molar-refractivity contribution in [3.8, 4) is 22.9 Å². The Kier molecular flexibility index (Phi) is 6.11. The topological polar surface area (TPSA) is 74.5 Å². The van der Waals surface area contributed by atoms with Crippen molar-refractivity contribution < 1.29 is 9.53 Å². The molecule has 0 unspecified atom stereocenters. The lowest BCUT2D eigenvalue weighted by atomic mass is 10.1. The van der Waals surface area contributed by atoms with Crippen LogP contribution in [0.4, 0.5) is 0 Å². The van der Waals surface area contributed by atoms with Crippen LogP contribution in [-0.4, -0.2) is 24.5 Å². The Morgan fingerprint density at radius 1 is 1.03 bits per heavy atom. The van der Waals surface area contributed by atoms with Crippen molar-refractivity contribution in [2.24, 2.45) is 5.10 Å². The maximum Gasteiger partial charge on any atom is 0.250 e. The van der Waals surface area contributed by atoms with Crippen molar-refractivity contribution in [3.63, 3.8) is 0 Å². The molecule has 4 rings (SSSR count). The Morgan fingerprint density at radius 2 is 1.67 bits per heavy atom. The van der Waals surface area contributed by atoms with E-state index in [1.807, 2.05) is 42.5 Å². The fourth-order valence-corrected chi connectivity index (χ4v) is 4.58. The van der Waals surface area contributed by atoms with Crippen LogP contribution in [0.1, 0.15) is 21.9 Å². The van der Waals surface area contributed by atoms with E-state index in [4.69, 9.17) is 10.00 Å². The number of nitrogens with one attached hydrogen (secondary N) is 1. The van der Waals surface area contributed by atoms with Crippen LogP contribution in [0.15, 0.2) is 77.9 Å². The number of nitrogens with zero attached hydrogens (tertiary/aromatic N) is 2. The lowest BCUT2D eigenvalue weighted by molar-refractivity contribution is -0.118. The molecule has 0 aromatic heterocycles. The molecule has 0 fully saturated rings. The summed E-state index contributed by atoms with van der Waals surface area (Å²) in [6.45, 7) is 0.0110. The highest BCUT2D eigenvalue weighted by Gasteiger charge is 2.28. The summed E-state index contributed by atoms with van der Waals surface area (Å²) in [5, 5.41) is 12.7. The first-order chi connectivity index (χ1) is 14.8. The molecule has 30 heavy (non-hydrogen) atoms. The molecule has 0 aliphatic heterocycles. The SMILES string of the molecule is N#CCOc1ccc(/C=N\NC(=O)CSC2c3ccccc3-c3ccccc32)cc1. The first-order valence-corrected chi connectivity index (χ1v) is 10.5. The number of rotatable bonds is 7. The Balaban J connectivity index is 1.33. The zero-order valence-electron chi connectivity index (χ0n) is 16.1. The second-order valence-corrected chi connectivity index (χ2v) is 7.77. The maximum atomic E-state index is 12.3. The lowest BCUT2D eigenvalue weighted by Gasteiger charge is -2.12. The molecule has 0 spiro atoms. The Labute approximate surface area is 179 Å². The molecule has 1 amide bonds. The van der Waals surface area contributed by atoms with Crippen LogP contribution in [0.2, 0.25) is 0 Å². The highest BCUT2D eigenvalue weighted by atomic mass is 32.2. The number of thioether (sulfide) groups is 1. The van der Waals surface area contributed by atoms with Crippen LogP contribution >= 0.6 is 11.8 Å². The van der Waals surface area contributed by atoms with Gasteiger partial charge in [-0.15, -0.1) is 11.8 Å². The van der Waals surface area contributed by atoms with Gasteiger partial charge in [0.25, 0.3) is 0 Å². The summed E-state index contributed by atoms with van der Waals surface area (Å²) in [6.07, 6.45) is 1.58. The number of hydrogen-bond acceptors (Lipinski definition) is 5. The molecule has 3 aromatic carbocycles. The predicted molar refractivity (Wildman–Crippen MR) is 119 cm³/mol. The highest BCUT2D eigenvalue weighted by Crippen LogP contribution is 2.49. The smallest absolute Gasteiger partial charge is 0.250 e. The number of amides is 1. The number of benzene rings is 3.